The molecule has 418 valence electrons. The molecular weight excluding hydrogens is 953 g/mol. The highest BCUT2D eigenvalue weighted by molar-refractivity contribution is 6.39. The van der Waals surface area contributed by atoms with Gasteiger partial charge in [0.15, 0.2) is 5.78 Å². The lowest BCUT2D eigenvalue weighted by Gasteiger charge is -2.43. The summed E-state index contributed by atoms with van der Waals surface area (Å²) in [5.74, 6) is -8.43. The summed E-state index contributed by atoms with van der Waals surface area (Å²) >= 11 is 0. The Morgan fingerprint density at radius 1 is 0.892 bits per heavy atom. The summed E-state index contributed by atoms with van der Waals surface area (Å²) in [4.78, 5) is 84.7. The summed E-state index contributed by atoms with van der Waals surface area (Å²) in [5, 5.41) is 35.7. The molecule has 2 saturated heterocycles. The van der Waals surface area contributed by atoms with Gasteiger partial charge in [-0.2, -0.15) is 0 Å². The van der Waals surface area contributed by atoms with E-state index in [9.17, 15) is 44.1 Å². The molecule has 4 rings (SSSR count). The van der Waals surface area contributed by atoms with Crippen LogP contribution in [0.2, 0.25) is 0 Å². The van der Waals surface area contributed by atoms with Crippen molar-refractivity contribution in [3.8, 4) is 0 Å². The summed E-state index contributed by atoms with van der Waals surface area (Å²) in [7, 11) is 4.57. The molecule has 17 nitrogen and oxygen atoms in total. The fourth-order valence-electron chi connectivity index (χ4n) is 11.0. The number of aliphatic hydroxyl groups excluding tert-OH is 2. The lowest BCUT2D eigenvalue weighted by molar-refractivity contribution is -0.266. The molecule has 3 heterocycles. The first-order chi connectivity index (χ1) is 35.2. The Kier molecular flexibility index (Phi) is 26.0. The molecule has 4 N–H and O–H groups in total. The minimum absolute atomic E-state index is 0.0215. The second kappa shape index (κ2) is 30.7. The zero-order valence-electron chi connectivity index (χ0n) is 46.0. The molecule has 2 amide bonds. The quantitative estimate of drug-likeness (QED) is 0.0707. The average molecular weight is 1040 g/mol. The van der Waals surface area contributed by atoms with Gasteiger partial charge < -0.3 is 54.0 Å². The van der Waals surface area contributed by atoms with Crippen LogP contribution in [0.5, 0.6) is 0 Å². The number of esters is 1. The Labute approximate surface area is 440 Å². The first-order valence-electron chi connectivity index (χ1n) is 27.2. The van der Waals surface area contributed by atoms with E-state index in [4.69, 9.17) is 28.4 Å². The van der Waals surface area contributed by atoms with Crippen molar-refractivity contribution in [3.05, 3.63) is 47.6 Å². The monoisotopic (exact) mass is 1040 g/mol. The molecule has 0 unspecified atom stereocenters. The van der Waals surface area contributed by atoms with Crippen molar-refractivity contribution in [2.24, 2.45) is 35.5 Å². The number of piperidine rings is 1. The highest BCUT2D eigenvalue weighted by Crippen LogP contribution is 2.38. The molecule has 17 heteroatoms. The minimum atomic E-state index is -2.50. The van der Waals surface area contributed by atoms with Crippen LogP contribution in [-0.2, 0) is 57.2 Å². The number of amides is 2. The second-order valence-electron chi connectivity index (χ2n) is 21.6. The Morgan fingerprint density at radius 2 is 1.64 bits per heavy atom. The number of hydrogen-bond acceptors (Lipinski definition) is 15. The van der Waals surface area contributed by atoms with Crippen molar-refractivity contribution in [1.29, 1.82) is 0 Å². The summed E-state index contributed by atoms with van der Waals surface area (Å²) in [6.45, 7) is 13.0. The van der Waals surface area contributed by atoms with Crippen molar-refractivity contribution in [2.45, 2.75) is 193 Å². The van der Waals surface area contributed by atoms with Gasteiger partial charge in [0.2, 0.25) is 11.7 Å². The summed E-state index contributed by atoms with van der Waals surface area (Å²) in [6, 6.07) is -1.18. The van der Waals surface area contributed by atoms with Gasteiger partial charge in [0.05, 0.1) is 37.6 Å². The van der Waals surface area contributed by atoms with Crippen LogP contribution in [-0.4, -0.2) is 158 Å². The van der Waals surface area contributed by atoms with Crippen LogP contribution in [0.15, 0.2) is 47.6 Å². The standard InChI is InChI=1S/C57H90N2O15/c1-35-17-12-11-13-18-36(2)47(71-27-16-20-50(62)58-8)33-43-23-21-41(7)57(68,74-43)54(65)55(66)59-25-15-14-19-44(59)56(67)73-48(38(4)31-42-22-24-46(72-28-26-60)49(32-42)69-9)34-45(61)37(3)30-40(6)52(64)53(70-10)51(63)39(5)29-35/h11-13,17-18,30,35,37-39,41-44,46-49,52-53,60,64,68H,14-16,19-29,31-34H2,1-10H3,(H,58,62)/b13-11?,17-12+,36-18?,40-30+/t35-,37-,38-,39-,41-,42+,43+,44+,46-,47-,48+,49-,52-,53+,57-/m1/s1. The summed E-state index contributed by atoms with van der Waals surface area (Å²) in [6.07, 6.45) is 12.0. The van der Waals surface area contributed by atoms with E-state index < -0.39 is 77.8 Å². The van der Waals surface area contributed by atoms with Gasteiger partial charge in [-0.3, -0.25) is 24.0 Å². The van der Waals surface area contributed by atoms with E-state index in [0.29, 0.717) is 63.4 Å². The van der Waals surface area contributed by atoms with Gasteiger partial charge >= 0.3 is 5.97 Å². The van der Waals surface area contributed by atoms with Crippen molar-refractivity contribution >= 4 is 35.1 Å². The number of nitrogens with zero attached hydrogens (tertiary/aromatic N) is 1. The van der Waals surface area contributed by atoms with Crippen molar-refractivity contribution in [2.75, 3.05) is 47.6 Å². The third-order valence-corrected chi connectivity index (χ3v) is 15.7. The van der Waals surface area contributed by atoms with Gasteiger partial charge in [0, 0.05) is 71.4 Å². The molecule has 3 aliphatic heterocycles. The lowest BCUT2D eigenvalue weighted by Crippen LogP contribution is -2.61. The maximum atomic E-state index is 14.6. The van der Waals surface area contributed by atoms with Crippen LogP contribution in [0.3, 0.4) is 0 Å². The van der Waals surface area contributed by atoms with Crippen LogP contribution in [0, 0.1) is 35.5 Å². The maximum Gasteiger partial charge on any atom is 0.329 e. The number of Topliss-reactive ketones (excluding diaryl/α,β-unsaturated/α-hetero) is 3. The smallest absolute Gasteiger partial charge is 0.329 e. The molecule has 74 heavy (non-hydrogen) atoms. The summed E-state index contributed by atoms with van der Waals surface area (Å²) in [5.41, 5.74) is 1.19. The lowest BCUT2D eigenvalue weighted by atomic mass is 9.78. The molecule has 3 fully saturated rings. The van der Waals surface area contributed by atoms with E-state index in [1.165, 1.54) is 12.0 Å². The highest BCUT2D eigenvalue weighted by atomic mass is 16.6. The van der Waals surface area contributed by atoms with E-state index in [0.717, 1.165) is 12.0 Å². The largest absolute Gasteiger partial charge is 0.460 e. The van der Waals surface area contributed by atoms with Crippen molar-refractivity contribution < 1.29 is 72.5 Å². The molecule has 0 spiro atoms. The number of methoxy groups -OCH3 is 2. The van der Waals surface area contributed by atoms with Gasteiger partial charge in [-0.15, -0.1) is 0 Å². The first kappa shape index (κ1) is 62.6. The molecule has 15 atom stereocenters. The second-order valence-corrected chi connectivity index (χ2v) is 21.6. The van der Waals surface area contributed by atoms with Gasteiger partial charge in [-0.1, -0.05) is 71.1 Å². The number of cyclic esters (lactones) is 1. The predicted octanol–water partition coefficient (Wildman–Crippen LogP) is 6.09. The van der Waals surface area contributed by atoms with E-state index in [2.05, 4.69) is 5.32 Å². The zero-order chi connectivity index (χ0) is 54.7. The third-order valence-electron chi connectivity index (χ3n) is 15.7. The van der Waals surface area contributed by atoms with Crippen LogP contribution in [0.4, 0.5) is 0 Å². The Hall–Kier alpha value is -3.94. The molecule has 1 aliphatic carbocycles. The number of rotatable bonds is 13. The van der Waals surface area contributed by atoms with Gasteiger partial charge in [-0.25, -0.2) is 4.79 Å². The highest BCUT2D eigenvalue weighted by Gasteiger charge is 2.53. The van der Waals surface area contributed by atoms with Gasteiger partial charge in [-0.05, 0) is 113 Å². The molecular formula is C57H90N2O15. The molecule has 0 aromatic heterocycles. The predicted molar refractivity (Wildman–Crippen MR) is 278 cm³/mol. The molecule has 2 bridgehead atoms. The molecule has 4 aliphatic rings. The Balaban J connectivity index is 1.71. The molecule has 0 aromatic rings. The Bertz CT molecular complexity index is 1980. The van der Waals surface area contributed by atoms with Crippen LogP contribution >= 0.6 is 0 Å². The van der Waals surface area contributed by atoms with E-state index in [1.807, 2.05) is 51.2 Å². The van der Waals surface area contributed by atoms with Gasteiger partial charge in [0.1, 0.15) is 30.1 Å². The SMILES string of the molecule is CNC(=O)CCCO[C@@H]1C[C@@H]2CC[C@@H](C)[C@@](O)(O2)C(=O)C(=O)N2CCCC[C@H]2C(=O)O[C@H]([C@H](C)C[C@@H]2CC[C@@H](OCCO)[C@H](OC)C2)CC(=O)[C@H](C)/C=C(\C)[C@@H](O)[C@@H](OC)C(=O)[C@H](C)C[C@H](C)/C=C/C=CC=C1C. The van der Waals surface area contributed by atoms with Crippen molar-refractivity contribution in [1.82, 2.24) is 10.2 Å². The number of hydrogen-bond donors (Lipinski definition) is 4. The first-order valence-corrected chi connectivity index (χ1v) is 27.2. The maximum absolute atomic E-state index is 14.6. The molecule has 0 aromatic carbocycles. The van der Waals surface area contributed by atoms with E-state index in [1.54, 1.807) is 47.9 Å². The molecule has 1 saturated carbocycles. The number of ether oxygens (including phenoxy) is 6. The zero-order valence-corrected chi connectivity index (χ0v) is 46.0. The van der Waals surface area contributed by atoms with Crippen molar-refractivity contribution in [3.63, 3.8) is 0 Å². The number of aliphatic hydroxyl groups is 3. The van der Waals surface area contributed by atoms with Crippen LogP contribution in [0.25, 0.3) is 0 Å². The van der Waals surface area contributed by atoms with Crippen LogP contribution in [0.1, 0.15) is 138 Å². The fraction of sp³-hybridized carbons (Fsp3) is 0.754. The van der Waals surface area contributed by atoms with Gasteiger partial charge in [0.25, 0.3) is 11.7 Å². The topological polar surface area (TPSA) is 234 Å². The average Bonchev–Trinajstić information content (AvgIpc) is 3.38. The fourth-order valence-corrected chi connectivity index (χ4v) is 11.0. The minimum Gasteiger partial charge on any atom is -0.460 e. The molecule has 0 radical (unpaired) electrons. The number of fused-ring (bicyclic) bond motifs is 3. The number of carbonyl (C=O) groups is 6. The van der Waals surface area contributed by atoms with E-state index >= 15 is 0 Å². The van der Waals surface area contributed by atoms with Crippen LogP contribution < -0.4 is 5.32 Å². The summed E-state index contributed by atoms with van der Waals surface area (Å²) < 4.78 is 36.2. The number of allylic oxidation sites excluding steroid dienone is 6. The Morgan fingerprint density at radius 3 is 2.32 bits per heavy atom. The third kappa shape index (κ3) is 17.8. The number of carbonyl (C=O) groups excluding carboxylic acids is 6. The number of nitrogens with one attached hydrogen (secondary N) is 1. The number of ketones is 3. The van der Waals surface area contributed by atoms with E-state index in [-0.39, 0.29) is 99.5 Å². The normalized spacial score (nSPS) is 35.7.